The van der Waals surface area contributed by atoms with Crippen LogP contribution in [-0.2, 0) is 0 Å². The second kappa shape index (κ2) is 5.27. The monoisotopic (exact) mass is 314 g/mol. The zero-order chi connectivity index (χ0) is 16.7. The predicted octanol–water partition coefficient (Wildman–Crippen LogP) is 2.85. The number of hydrogen-bond acceptors (Lipinski definition) is 6. The third-order valence-corrected chi connectivity index (χ3v) is 3.71. The molecule has 6 nitrogen and oxygen atoms in total. The molecule has 116 valence electrons. The average molecular weight is 314 g/mol. The van der Waals surface area contributed by atoms with Crippen LogP contribution >= 0.6 is 0 Å². The maximum absolute atomic E-state index is 8.11. The number of nitrogens with one attached hydrogen (secondary N) is 1. The highest BCUT2D eigenvalue weighted by Gasteiger charge is 2.19. The van der Waals surface area contributed by atoms with Crippen LogP contribution in [-0.4, -0.2) is 21.4 Å². The van der Waals surface area contributed by atoms with Gasteiger partial charge < -0.3 is 11.5 Å². The van der Waals surface area contributed by atoms with E-state index in [1.165, 1.54) is 0 Å². The molecular weight excluding hydrogens is 300 g/mol. The molecule has 0 saturated carbocycles. The molecule has 6 heteroatoms. The minimum absolute atomic E-state index is 0.299. The van der Waals surface area contributed by atoms with Gasteiger partial charge in [-0.1, -0.05) is 6.07 Å². The number of nitrogens with zero attached hydrogens (tertiary/aromatic N) is 3. The molecule has 1 aromatic heterocycles. The first kappa shape index (κ1) is 14.1. The van der Waals surface area contributed by atoms with Gasteiger partial charge in [-0.3, -0.25) is 5.41 Å². The Kier molecular flexibility index (Phi) is 3.09. The number of nitrogen functional groups attached to an aromatic ring is 2. The molecule has 5 N–H and O–H groups in total. The van der Waals surface area contributed by atoms with Crippen LogP contribution in [0, 0.1) is 5.41 Å². The van der Waals surface area contributed by atoms with E-state index in [1.54, 1.807) is 30.4 Å². The molecular formula is C18H14N6. The summed E-state index contributed by atoms with van der Waals surface area (Å²) in [5.74, 6) is 0. The van der Waals surface area contributed by atoms with Gasteiger partial charge in [-0.05, 0) is 48.6 Å². The third-order valence-electron chi connectivity index (χ3n) is 3.71. The summed E-state index contributed by atoms with van der Waals surface area (Å²) in [5, 5.41) is 8.11. The molecule has 0 unspecified atom stereocenters. The van der Waals surface area contributed by atoms with Crippen molar-refractivity contribution in [1.29, 1.82) is 5.41 Å². The first-order chi connectivity index (χ1) is 11.6. The summed E-state index contributed by atoms with van der Waals surface area (Å²) in [5.41, 5.74) is 17.0. The number of anilines is 2. The maximum atomic E-state index is 8.11. The fraction of sp³-hybridized carbons (Fsp3) is 0. The van der Waals surface area contributed by atoms with E-state index in [4.69, 9.17) is 16.9 Å². The van der Waals surface area contributed by atoms with E-state index in [0.29, 0.717) is 45.2 Å². The third kappa shape index (κ3) is 2.40. The first-order valence-electron chi connectivity index (χ1n) is 7.39. The molecule has 0 spiro atoms. The van der Waals surface area contributed by atoms with E-state index < -0.39 is 0 Å². The van der Waals surface area contributed by atoms with Crippen LogP contribution in [0.5, 0.6) is 0 Å². The number of fused-ring (bicyclic) bond motifs is 2. The van der Waals surface area contributed by atoms with Gasteiger partial charge in [0.05, 0.1) is 28.1 Å². The lowest BCUT2D eigenvalue weighted by Crippen LogP contribution is -2.17. The molecule has 4 rings (SSSR count). The lowest BCUT2D eigenvalue weighted by Gasteiger charge is -2.13. The summed E-state index contributed by atoms with van der Waals surface area (Å²) >= 11 is 0. The second-order valence-electron chi connectivity index (χ2n) is 5.51. The number of hydrogen-bond donors (Lipinski definition) is 3. The quantitative estimate of drug-likeness (QED) is 0.599. The van der Waals surface area contributed by atoms with Crippen LogP contribution < -0.4 is 11.5 Å². The molecule has 0 radical (unpaired) electrons. The maximum Gasteiger partial charge on any atom is 0.117 e. The van der Waals surface area contributed by atoms with Gasteiger partial charge in [0, 0.05) is 11.4 Å². The summed E-state index contributed by atoms with van der Waals surface area (Å²) in [4.78, 5) is 13.8. The number of allylic oxidation sites excluding steroid dienone is 2. The number of aliphatic imine (C=N–C) groups is 1. The summed E-state index contributed by atoms with van der Waals surface area (Å²) < 4.78 is 0. The van der Waals surface area contributed by atoms with E-state index in [0.717, 1.165) is 5.69 Å². The zero-order valence-corrected chi connectivity index (χ0v) is 12.7. The van der Waals surface area contributed by atoms with Crippen LogP contribution in [0.3, 0.4) is 0 Å². The molecule has 0 aliphatic heterocycles. The Morgan fingerprint density at radius 1 is 0.833 bits per heavy atom. The second-order valence-corrected chi connectivity index (χ2v) is 5.51. The number of nitrogens with two attached hydrogens (primary N) is 2. The fourth-order valence-corrected chi connectivity index (χ4v) is 2.58. The Labute approximate surface area is 138 Å². The molecule has 2 aromatic carbocycles. The fourth-order valence-electron chi connectivity index (χ4n) is 2.58. The molecule has 0 fully saturated rings. The highest BCUT2D eigenvalue weighted by molar-refractivity contribution is 6.24. The lowest BCUT2D eigenvalue weighted by atomic mass is 10.0. The van der Waals surface area contributed by atoms with Gasteiger partial charge in [0.2, 0.25) is 0 Å². The molecule has 0 saturated heterocycles. The first-order valence-corrected chi connectivity index (χ1v) is 7.39. The molecule has 3 aromatic rings. The van der Waals surface area contributed by atoms with Crippen LogP contribution in [0.1, 0.15) is 11.4 Å². The molecule has 1 aliphatic carbocycles. The minimum atomic E-state index is 0.299. The lowest BCUT2D eigenvalue weighted by molar-refractivity contribution is 1.22. The Morgan fingerprint density at radius 2 is 1.62 bits per heavy atom. The van der Waals surface area contributed by atoms with Crippen LogP contribution in [0.25, 0.3) is 11.0 Å². The van der Waals surface area contributed by atoms with Gasteiger partial charge in [-0.25, -0.2) is 15.0 Å². The van der Waals surface area contributed by atoms with Crippen molar-refractivity contribution in [2.24, 2.45) is 4.99 Å². The Balaban J connectivity index is 1.92. The summed E-state index contributed by atoms with van der Waals surface area (Å²) in [6.07, 6.45) is 3.44. The van der Waals surface area contributed by atoms with E-state index in [9.17, 15) is 0 Å². The average Bonchev–Trinajstić information content (AvgIpc) is 2.56. The van der Waals surface area contributed by atoms with Gasteiger partial charge in [-0.2, -0.15) is 0 Å². The highest BCUT2D eigenvalue weighted by Crippen LogP contribution is 2.23. The van der Waals surface area contributed by atoms with Gasteiger partial charge in [-0.15, -0.1) is 0 Å². The van der Waals surface area contributed by atoms with Gasteiger partial charge >= 0.3 is 0 Å². The Bertz CT molecular complexity index is 1050. The summed E-state index contributed by atoms with van der Waals surface area (Å²) in [6.45, 7) is 0. The van der Waals surface area contributed by atoms with Crippen molar-refractivity contribution in [2.75, 3.05) is 11.5 Å². The molecule has 0 bridgehead atoms. The molecule has 0 amide bonds. The Morgan fingerprint density at radius 3 is 2.46 bits per heavy atom. The minimum Gasteiger partial charge on any atom is -0.399 e. The van der Waals surface area contributed by atoms with E-state index >= 15 is 0 Å². The van der Waals surface area contributed by atoms with Crippen molar-refractivity contribution < 1.29 is 0 Å². The molecule has 24 heavy (non-hydrogen) atoms. The summed E-state index contributed by atoms with van der Waals surface area (Å²) in [6, 6.07) is 12.7. The smallest absolute Gasteiger partial charge is 0.117 e. The van der Waals surface area contributed by atoms with Crippen molar-refractivity contribution >= 4 is 39.5 Å². The number of aromatic nitrogens is 2. The molecule has 1 heterocycles. The van der Waals surface area contributed by atoms with Crippen LogP contribution in [0.2, 0.25) is 0 Å². The SMILES string of the molecule is N=C1C=CC(=Nc2cccc(N)c2)c2nc3ccc(N)cc3nc21. The van der Waals surface area contributed by atoms with E-state index in [-0.39, 0.29) is 0 Å². The van der Waals surface area contributed by atoms with Gasteiger partial charge in [0.25, 0.3) is 0 Å². The molecule has 0 atom stereocenters. The highest BCUT2D eigenvalue weighted by atomic mass is 14.9. The van der Waals surface area contributed by atoms with Gasteiger partial charge in [0.15, 0.2) is 0 Å². The van der Waals surface area contributed by atoms with E-state index in [1.807, 2.05) is 24.3 Å². The molecule has 1 aliphatic rings. The Hall–Kier alpha value is -3.54. The van der Waals surface area contributed by atoms with Crippen molar-refractivity contribution in [3.05, 3.63) is 66.0 Å². The number of rotatable bonds is 1. The normalized spacial score (nSPS) is 15.0. The van der Waals surface area contributed by atoms with Crippen LogP contribution in [0.15, 0.2) is 59.6 Å². The standard InChI is InChI=1S/C18H14N6/c19-10-2-1-3-12(8-10)22-15-7-5-13(21)17-18(15)23-14-6-4-11(20)9-16(14)24-17/h1-9,21H,19-20H2. The van der Waals surface area contributed by atoms with Crippen molar-refractivity contribution in [2.45, 2.75) is 0 Å². The van der Waals surface area contributed by atoms with Gasteiger partial charge in [0.1, 0.15) is 11.4 Å². The largest absolute Gasteiger partial charge is 0.399 e. The number of benzene rings is 2. The zero-order valence-electron chi connectivity index (χ0n) is 12.7. The van der Waals surface area contributed by atoms with Crippen molar-refractivity contribution in [3.8, 4) is 0 Å². The summed E-state index contributed by atoms with van der Waals surface area (Å²) in [7, 11) is 0. The predicted molar refractivity (Wildman–Crippen MR) is 97.0 cm³/mol. The van der Waals surface area contributed by atoms with Crippen LogP contribution in [0.4, 0.5) is 17.1 Å². The van der Waals surface area contributed by atoms with E-state index in [2.05, 4.69) is 15.0 Å². The van der Waals surface area contributed by atoms with Crippen molar-refractivity contribution in [3.63, 3.8) is 0 Å². The topological polar surface area (TPSA) is 114 Å². The van der Waals surface area contributed by atoms with Crippen molar-refractivity contribution in [1.82, 2.24) is 9.97 Å².